The number of sulfonamides is 1. The molecule has 1 aromatic rings. The highest BCUT2D eigenvalue weighted by Crippen LogP contribution is 2.23. The number of nitrogens with zero attached hydrogens (tertiary/aromatic N) is 1. The largest absolute Gasteiger partial charge is 0.318 e. The molecule has 0 aromatic carbocycles. The van der Waals surface area contributed by atoms with Gasteiger partial charge in [0.1, 0.15) is 0 Å². The maximum Gasteiger partial charge on any atom is 0.238 e. The summed E-state index contributed by atoms with van der Waals surface area (Å²) in [6.07, 6.45) is 0.816. The lowest BCUT2D eigenvalue weighted by Gasteiger charge is -2.12. The smallest absolute Gasteiger partial charge is 0.238 e. The minimum absolute atomic E-state index is 0.417. The van der Waals surface area contributed by atoms with E-state index in [2.05, 4.69) is 15.0 Å². The van der Waals surface area contributed by atoms with Crippen LogP contribution in [0.3, 0.4) is 0 Å². The number of rotatable bonds is 6. The number of thiazole rings is 1. The summed E-state index contributed by atoms with van der Waals surface area (Å²) in [7, 11) is -1.62. The van der Waals surface area contributed by atoms with Crippen LogP contribution in [-0.2, 0) is 16.4 Å². The Kier molecular flexibility index (Phi) is 4.91. The highest BCUT2D eigenvalue weighted by atomic mass is 32.2. The van der Waals surface area contributed by atoms with Crippen LogP contribution in [-0.4, -0.2) is 32.2 Å². The van der Waals surface area contributed by atoms with Gasteiger partial charge < -0.3 is 5.32 Å². The summed E-state index contributed by atoms with van der Waals surface area (Å²) in [6.45, 7) is 6.04. The first-order chi connectivity index (χ1) is 7.90. The summed E-state index contributed by atoms with van der Waals surface area (Å²) < 4.78 is 26.4. The number of aryl methyl sites for hydroxylation is 2. The van der Waals surface area contributed by atoms with Gasteiger partial charge in [0.2, 0.25) is 10.0 Å². The van der Waals surface area contributed by atoms with Crippen LogP contribution in [0.1, 0.15) is 24.4 Å². The molecule has 0 spiro atoms. The molecule has 17 heavy (non-hydrogen) atoms. The van der Waals surface area contributed by atoms with Crippen LogP contribution in [0.25, 0.3) is 0 Å². The van der Waals surface area contributed by atoms with Gasteiger partial charge in [-0.2, -0.15) is 0 Å². The first-order valence-electron chi connectivity index (χ1n) is 5.53. The zero-order chi connectivity index (χ0) is 13.1. The van der Waals surface area contributed by atoms with Crippen molar-refractivity contribution < 1.29 is 8.42 Å². The summed E-state index contributed by atoms with van der Waals surface area (Å²) in [5.41, 5.74) is 0.953. The average Bonchev–Trinajstić information content (AvgIpc) is 2.58. The van der Waals surface area contributed by atoms with Crippen molar-refractivity contribution in [2.24, 2.45) is 0 Å². The third kappa shape index (κ3) is 3.65. The van der Waals surface area contributed by atoms with E-state index in [9.17, 15) is 8.42 Å². The molecule has 0 fully saturated rings. The standard InChI is InChI=1S/C10H19N3O2S2/c1-5-9-8(3)16-10(12-9)13-17(14,15)7(2)6-11-4/h7,11H,5-6H2,1-4H3,(H,12,13). The van der Waals surface area contributed by atoms with Gasteiger partial charge in [0.05, 0.1) is 10.9 Å². The molecule has 0 amide bonds. The van der Waals surface area contributed by atoms with Crippen molar-refractivity contribution in [3.05, 3.63) is 10.6 Å². The van der Waals surface area contributed by atoms with Crippen molar-refractivity contribution >= 4 is 26.5 Å². The van der Waals surface area contributed by atoms with Crippen molar-refractivity contribution in [3.8, 4) is 0 Å². The topological polar surface area (TPSA) is 71.1 Å². The quantitative estimate of drug-likeness (QED) is 0.823. The number of aromatic nitrogens is 1. The number of hydrogen-bond acceptors (Lipinski definition) is 5. The van der Waals surface area contributed by atoms with E-state index < -0.39 is 15.3 Å². The molecule has 1 rings (SSSR count). The van der Waals surface area contributed by atoms with Crippen molar-refractivity contribution in [1.82, 2.24) is 10.3 Å². The Balaban J connectivity index is 2.82. The van der Waals surface area contributed by atoms with Gasteiger partial charge in [-0.25, -0.2) is 13.4 Å². The fraction of sp³-hybridized carbons (Fsp3) is 0.700. The SMILES string of the molecule is CCc1nc(NS(=O)(=O)C(C)CNC)sc1C. The number of hydrogen-bond donors (Lipinski definition) is 2. The van der Waals surface area contributed by atoms with Gasteiger partial charge in [-0.1, -0.05) is 6.92 Å². The first kappa shape index (κ1) is 14.4. The van der Waals surface area contributed by atoms with Crippen LogP contribution >= 0.6 is 11.3 Å². The third-order valence-corrected chi connectivity index (χ3v) is 5.24. The minimum Gasteiger partial charge on any atom is -0.318 e. The summed E-state index contributed by atoms with van der Waals surface area (Å²) in [6, 6.07) is 0. The zero-order valence-corrected chi connectivity index (χ0v) is 12.2. The van der Waals surface area contributed by atoms with Gasteiger partial charge >= 0.3 is 0 Å². The van der Waals surface area contributed by atoms with E-state index in [0.717, 1.165) is 17.0 Å². The normalized spacial score (nSPS) is 13.6. The van der Waals surface area contributed by atoms with Gasteiger partial charge in [-0.15, -0.1) is 11.3 Å². The Hall–Kier alpha value is -0.660. The van der Waals surface area contributed by atoms with Crippen LogP contribution in [0.2, 0.25) is 0 Å². The lowest BCUT2D eigenvalue weighted by molar-refractivity contribution is 0.583. The molecule has 0 aliphatic rings. The van der Waals surface area contributed by atoms with Gasteiger partial charge in [-0.05, 0) is 27.3 Å². The van der Waals surface area contributed by atoms with Gasteiger partial charge in [0.15, 0.2) is 5.13 Å². The molecule has 1 aromatic heterocycles. The molecule has 0 saturated heterocycles. The van der Waals surface area contributed by atoms with Crippen molar-refractivity contribution in [1.29, 1.82) is 0 Å². The zero-order valence-electron chi connectivity index (χ0n) is 10.6. The lowest BCUT2D eigenvalue weighted by atomic mass is 10.3. The fourth-order valence-corrected chi connectivity index (χ4v) is 3.56. The van der Waals surface area contributed by atoms with Gasteiger partial charge in [0.25, 0.3) is 0 Å². The maximum absolute atomic E-state index is 11.9. The van der Waals surface area contributed by atoms with Crippen LogP contribution in [0.4, 0.5) is 5.13 Å². The second kappa shape index (κ2) is 5.79. The van der Waals surface area contributed by atoms with Gasteiger partial charge in [-0.3, -0.25) is 4.72 Å². The Morgan fingerprint density at radius 1 is 1.47 bits per heavy atom. The predicted molar refractivity (Wildman–Crippen MR) is 72.2 cm³/mol. The summed E-state index contributed by atoms with van der Waals surface area (Å²) in [5.74, 6) is 0. The second-order valence-corrected chi connectivity index (χ2v) is 7.19. The monoisotopic (exact) mass is 277 g/mol. The molecule has 0 aliphatic heterocycles. The van der Waals surface area contributed by atoms with E-state index >= 15 is 0 Å². The van der Waals surface area contributed by atoms with E-state index in [1.54, 1.807) is 14.0 Å². The molecular weight excluding hydrogens is 258 g/mol. The van der Waals surface area contributed by atoms with Crippen molar-refractivity contribution in [2.45, 2.75) is 32.4 Å². The van der Waals surface area contributed by atoms with Crippen LogP contribution in [0.5, 0.6) is 0 Å². The molecular formula is C10H19N3O2S2. The highest BCUT2D eigenvalue weighted by Gasteiger charge is 2.21. The Bertz CT molecular complexity index is 468. The van der Waals surface area contributed by atoms with Crippen molar-refractivity contribution in [2.75, 3.05) is 18.3 Å². The van der Waals surface area contributed by atoms with Crippen LogP contribution in [0.15, 0.2) is 0 Å². The first-order valence-corrected chi connectivity index (χ1v) is 7.89. The minimum atomic E-state index is -3.35. The van der Waals surface area contributed by atoms with E-state index in [0.29, 0.717) is 11.7 Å². The Morgan fingerprint density at radius 3 is 2.59 bits per heavy atom. The molecule has 0 bridgehead atoms. The molecule has 1 atom stereocenters. The maximum atomic E-state index is 11.9. The Morgan fingerprint density at radius 2 is 2.12 bits per heavy atom. The van der Waals surface area contributed by atoms with E-state index in [4.69, 9.17) is 0 Å². The second-order valence-electron chi connectivity index (χ2n) is 3.89. The van der Waals surface area contributed by atoms with Crippen molar-refractivity contribution in [3.63, 3.8) is 0 Å². The summed E-state index contributed by atoms with van der Waals surface area (Å²) >= 11 is 1.38. The molecule has 0 radical (unpaired) electrons. The number of nitrogens with one attached hydrogen (secondary N) is 2. The molecule has 98 valence electrons. The highest BCUT2D eigenvalue weighted by molar-refractivity contribution is 7.93. The average molecular weight is 277 g/mol. The summed E-state index contributed by atoms with van der Waals surface area (Å²) in [4.78, 5) is 5.33. The van der Waals surface area contributed by atoms with E-state index in [1.807, 2.05) is 13.8 Å². The molecule has 2 N–H and O–H groups in total. The summed E-state index contributed by atoms with van der Waals surface area (Å²) in [5, 5.41) is 2.83. The fourth-order valence-electron chi connectivity index (χ4n) is 1.42. The molecule has 7 heteroatoms. The molecule has 0 aliphatic carbocycles. The molecule has 1 heterocycles. The van der Waals surface area contributed by atoms with Crippen LogP contribution < -0.4 is 10.0 Å². The molecule has 1 unspecified atom stereocenters. The Labute approximate surface area is 107 Å². The third-order valence-electron chi connectivity index (χ3n) is 2.48. The number of anilines is 1. The molecule has 0 saturated carbocycles. The van der Waals surface area contributed by atoms with E-state index in [1.165, 1.54) is 11.3 Å². The predicted octanol–water partition coefficient (Wildman–Crippen LogP) is 1.36. The van der Waals surface area contributed by atoms with Crippen LogP contribution in [0, 0.1) is 6.92 Å². The van der Waals surface area contributed by atoms with E-state index in [-0.39, 0.29) is 0 Å². The molecule has 5 nitrogen and oxygen atoms in total. The van der Waals surface area contributed by atoms with Gasteiger partial charge in [0, 0.05) is 11.4 Å². The lowest BCUT2D eigenvalue weighted by Crippen LogP contribution is -2.33.